The van der Waals surface area contributed by atoms with E-state index in [4.69, 9.17) is 0 Å². The van der Waals surface area contributed by atoms with E-state index in [9.17, 15) is 4.79 Å². The van der Waals surface area contributed by atoms with Crippen LogP contribution in [0.4, 0.5) is 10.8 Å². The number of nitrogens with zero attached hydrogens (tertiary/aromatic N) is 4. The van der Waals surface area contributed by atoms with Gasteiger partial charge < -0.3 is 10.6 Å². The zero-order chi connectivity index (χ0) is 18.8. The number of rotatable bonds is 7. The summed E-state index contributed by atoms with van der Waals surface area (Å²) in [6.07, 6.45) is 2.39. The highest BCUT2D eigenvalue weighted by Gasteiger charge is 2.22. The fraction of sp³-hybridized carbons (Fsp3) is 0.333. The maximum atomic E-state index is 12.4. The van der Waals surface area contributed by atoms with Crippen molar-refractivity contribution in [3.05, 3.63) is 41.7 Å². The Bertz CT molecular complexity index is 948. The third kappa shape index (κ3) is 4.30. The van der Waals surface area contributed by atoms with Crippen LogP contribution in [0.2, 0.25) is 0 Å². The summed E-state index contributed by atoms with van der Waals surface area (Å²) >= 11 is 2.89. The molecule has 1 aliphatic rings. The smallest absolute Gasteiger partial charge is 0.234 e. The predicted octanol–water partition coefficient (Wildman–Crippen LogP) is 3.65. The number of aromatic nitrogens is 4. The fourth-order valence-corrected chi connectivity index (χ4v) is 4.30. The molecule has 1 fully saturated rings. The Balaban J connectivity index is 1.38. The second-order valence-electron chi connectivity index (χ2n) is 6.42. The van der Waals surface area contributed by atoms with Gasteiger partial charge in [0.2, 0.25) is 11.0 Å². The molecule has 1 amide bonds. The SMILES string of the molecule is Cc1nn(-c2ccccc2)c(C)c1NC(=O)CSc1nnc(NC2CC2)s1. The van der Waals surface area contributed by atoms with Gasteiger partial charge in [-0.15, -0.1) is 10.2 Å². The lowest BCUT2D eigenvalue weighted by Gasteiger charge is -2.06. The Morgan fingerprint density at radius 2 is 2.04 bits per heavy atom. The standard InChI is InChI=1S/C18H20N6OS2/c1-11-16(12(2)24(23-11)14-6-4-3-5-7-14)20-15(25)10-26-18-22-21-17(27-18)19-13-8-9-13/h3-7,13H,8-10H2,1-2H3,(H,19,21)(H,20,25). The average Bonchev–Trinajstić information content (AvgIpc) is 3.30. The quantitative estimate of drug-likeness (QED) is 0.589. The van der Waals surface area contributed by atoms with E-state index in [1.54, 1.807) is 0 Å². The fourth-order valence-electron chi connectivity index (χ4n) is 2.68. The van der Waals surface area contributed by atoms with E-state index in [2.05, 4.69) is 25.9 Å². The first-order chi connectivity index (χ1) is 13.1. The van der Waals surface area contributed by atoms with E-state index in [-0.39, 0.29) is 11.7 Å². The van der Waals surface area contributed by atoms with Crippen LogP contribution in [0.1, 0.15) is 24.2 Å². The highest BCUT2D eigenvalue weighted by molar-refractivity contribution is 8.01. The Hall–Kier alpha value is -2.39. The van der Waals surface area contributed by atoms with Crippen LogP contribution in [-0.2, 0) is 4.79 Å². The Kier molecular flexibility index (Phi) is 5.13. The lowest BCUT2D eigenvalue weighted by molar-refractivity contribution is -0.113. The molecule has 0 unspecified atom stereocenters. The number of aryl methyl sites for hydroxylation is 1. The summed E-state index contributed by atoms with van der Waals surface area (Å²) in [5, 5.41) is 19.9. The topological polar surface area (TPSA) is 84.7 Å². The number of amides is 1. The lowest BCUT2D eigenvalue weighted by atomic mass is 10.3. The predicted molar refractivity (Wildman–Crippen MR) is 109 cm³/mol. The van der Waals surface area contributed by atoms with Crippen molar-refractivity contribution in [1.82, 2.24) is 20.0 Å². The summed E-state index contributed by atoms with van der Waals surface area (Å²) in [6, 6.07) is 10.4. The van der Waals surface area contributed by atoms with Gasteiger partial charge in [-0.2, -0.15) is 5.10 Å². The van der Waals surface area contributed by atoms with Crippen LogP contribution in [0.5, 0.6) is 0 Å². The van der Waals surface area contributed by atoms with Gasteiger partial charge in [-0.1, -0.05) is 41.3 Å². The molecule has 1 aliphatic carbocycles. The first-order valence-electron chi connectivity index (χ1n) is 8.74. The lowest BCUT2D eigenvalue weighted by Crippen LogP contribution is -2.15. The second-order valence-corrected chi connectivity index (χ2v) is 8.62. The molecule has 4 rings (SSSR count). The minimum Gasteiger partial charge on any atom is -0.357 e. The maximum absolute atomic E-state index is 12.4. The highest BCUT2D eigenvalue weighted by atomic mass is 32.2. The maximum Gasteiger partial charge on any atom is 0.234 e. The van der Waals surface area contributed by atoms with Crippen LogP contribution in [0.15, 0.2) is 34.7 Å². The highest BCUT2D eigenvalue weighted by Crippen LogP contribution is 2.30. The zero-order valence-corrected chi connectivity index (χ0v) is 16.7. The van der Waals surface area contributed by atoms with Crippen molar-refractivity contribution in [3.63, 3.8) is 0 Å². The molecule has 0 radical (unpaired) electrons. The Morgan fingerprint density at radius 3 is 2.78 bits per heavy atom. The van der Waals surface area contributed by atoms with E-state index in [1.807, 2.05) is 48.9 Å². The van der Waals surface area contributed by atoms with Crippen LogP contribution in [0, 0.1) is 13.8 Å². The Labute approximate surface area is 165 Å². The summed E-state index contributed by atoms with van der Waals surface area (Å²) in [5.74, 6) is 0.207. The van der Waals surface area contributed by atoms with Crippen LogP contribution in [0.25, 0.3) is 5.69 Å². The number of carbonyl (C=O) groups is 1. The van der Waals surface area contributed by atoms with Gasteiger partial charge in [0, 0.05) is 6.04 Å². The van der Waals surface area contributed by atoms with Gasteiger partial charge in [0.05, 0.1) is 28.5 Å². The number of benzene rings is 1. The minimum absolute atomic E-state index is 0.0780. The van der Waals surface area contributed by atoms with Crippen LogP contribution in [0.3, 0.4) is 0 Å². The summed E-state index contributed by atoms with van der Waals surface area (Å²) in [7, 11) is 0. The van der Waals surface area contributed by atoms with Crippen molar-refractivity contribution in [2.75, 3.05) is 16.4 Å². The molecule has 2 N–H and O–H groups in total. The third-order valence-electron chi connectivity index (χ3n) is 4.19. The number of hydrogen-bond acceptors (Lipinski definition) is 7. The normalized spacial score (nSPS) is 13.6. The number of thioether (sulfide) groups is 1. The summed E-state index contributed by atoms with van der Waals surface area (Å²) in [4.78, 5) is 12.4. The molecular formula is C18H20N6OS2. The number of anilines is 2. The molecule has 2 aromatic heterocycles. The van der Waals surface area contributed by atoms with Crippen molar-refractivity contribution >= 4 is 39.8 Å². The van der Waals surface area contributed by atoms with Crippen LogP contribution >= 0.6 is 23.1 Å². The average molecular weight is 401 g/mol. The van der Waals surface area contributed by atoms with Crippen molar-refractivity contribution in [3.8, 4) is 5.69 Å². The molecular weight excluding hydrogens is 380 g/mol. The molecule has 27 heavy (non-hydrogen) atoms. The van der Waals surface area contributed by atoms with Gasteiger partial charge in [0.15, 0.2) is 4.34 Å². The van der Waals surface area contributed by atoms with E-state index in [0.717, 1.165) is 32.2 Å². The number of para-hydroxylation sites is 1. The Morgan fingerprint density at radius 1 is 1.26 bits per heavy atom. The molecule has 0 saturated heterocycles. The molecule has 1 saturated carbocycles. The van der Waals surface area contributed by atoms with Crippen LogP contribution in [-0.4, -0.2) is 37.7 Å². The monoisotopic (exact) mass is 400 g/mol. The number of nitrogens with one attached hydrogen (secondary N) is 2. The molecule has 0 atom stereocenters. The van der Waals surface area contributed by atoms with Gasteiger partial charge in [-0.05, 0) is 38.8 Å². The summed E-state index contributed by atoms with van der Waals surface area (Å²) in [6.45, 7) is 3.85. The van der Waals surface area contributed by atoms with E-state index in [1.165, 1.54) is 35.9 Å². The molecule has 3 aromatic rings. The second kappa shape index (κ2) is 7.69. The number of hydrogen-bond donors (Lipinski definition) is 2. The van der Waals surface area contributed by atoms with E-state index in [0.29, 0.717) is 6.04 Å². The number of carbonyl (C=O) groups excluding carboxylic acids is 1. The van der Waals surface area contributed by atoms with Crippen molar-refractivity contribution in [2.24, 2.45) is 0 Å². The molecule has 7 nitrogen and oxygen atoms in total. The van der Waals surface area contributed by atoms with Crippen molar-refractivity contribution in [1.29, 1.82) is 0 Å². The summed E-state index contributed by atoms with van der Waals surface area (Å²) < 4.78 is 2.64. The zero-order valence-electron chi connectivity index (χ0n) is 15.1. The molecule has 1 aromatic carbocycles. The van der Waals surface area contributed by atoms with Gasteiger partial charge >= 0.3 is 0 Å². The van der Waals surface area contributed by atoms with E-state index < -0.39 is 0 Å². The minimum atomic E-state index is -0.0780. The molecule has 0 spiro atoms. The van der Waals surface area contributed by atoms with Gasteiger partial charge in [0.1, 0.15) is 0 Å². The molecule has 2 heterocycles. The first kappa shape index (κ1) is 18.0. The molecule has 140 valence electrons. The molecule has 0 bridgehead atoms. The van der Waals surface area contributed by atoms with Crippen molar-refractivity contribution < 1.29 is 4.79 Å². The third-order valence-corrected chi connectivity index (χ3v) is 6.18. The van der Waals surface area contributed by atoms with Crippen LogP contribution < -0.4 is 10.6 Å². The molecule has 9 heteroatoms. The first-order valence-corrected chi connectivity index (χ1v) is 10.5. The largest absolute Gasteiger partial charge is 0.357 e. The molecule has 0 aliphatic heterocycles. The van der Waals surface area contributed by atoms with Crippen molar-refractivity contribution in [2.45, 2.75) is 37.1 Å². The van der Waals surface area contributed by atoms with E-state index >= 15 is 0 Å². The summed E-state index contributed by atoms with van der Waals surface area (Å²) in [5.41, 5.74) is 3.43. The van der Waals surface area contributed by atoms with Gasteiger partial charge in [-0.25, -0.2) is 4.68 Å². The van der Waals surface area contributed by atoms with Gasteiger partial charge in [-0.3, -0.25) is 4.79 Å². The van der Waals surface area contributed by atoms with Gasteiger partial charge in [0.25, 0.3) is 0 Å².